The quantitative estimate of drug-likeness (QED) is 0.653. The molecule has 2 aliphatic heterocycles. The molecule has 4 atom stereocenters. The van der Waals surface area contributed by atoms with Gasteiger partial charge in [-0.25, -0.2) is 4.98 Å². The fourth-order valence-electron chi connectivity index (χ4n) is 4.52. The van der Waals surface area contributed by atoms with Gasteiger partial charge in [-0.05, 0) is 31.9 Å². The van der Waals surface area contributed by atoms with Crippen LogP contribution in [0.4, 0.5) is 5.13 Å². The molecule has 2 aromatic rings. The number of benzene rings is 1. The van der Waals surface area contributed by atoms with Gasteiger partial charge in [-0.15, -0.1) is 0 Å². The second kappa shape index (κ2) is 8.69. The van der Waals surface area contributed by atoms with Crippen LogP contribution in [-0.2, 0) is 19.8 Å². The van der Waals surface area contributed by atoms with E-state index in [9.17, 15) is 18.0 Å². The normalized spacial score (nSPS) is 25.0. The molecule has 32 heavy (non-hydrogen) atoms. The van der Waals surface area contributed by atoms with Crippen molar-refractivity contribution in [2.24, 2.45) is 5.92 Å². The van der Waals surface area contributed by atoms with Crippen molar-refractivity contribution in [1.29, 1.82) is 0 Å². The maximum Gasteiger partial charge on any atom is 0.282 e. The predicted octanol–water partition coefficient (Wildman–Crippen LogP) is 1.81. The number of aromatic nitrogens is 1. The lowest BCUT2D eigenvalue weighted by molar-refractivity contribution is -0.122. The molecule has 2 aliphatic rings. The van der Waals surface area contributed by atoms with Crippen LogP contribution in [-0.4, -0.2) is 72.1 Å². The molecule has 1 unspecified atom stereocenters. The number of carbonyl (C=O) groups is 2. The van der Waals surface area contributed by atoms with Crippen molar-refractivity contribution in [1.82, 2.24) is 18.9 Å². The highest BCUT2D eigenvalue weighted by Gasteiger charge is 2.56. The average molecular weight is 480 g/mol. The van der Waals surface area contributed by atoms with Crippen LogP contribution in [0.15, 0.2) is 24.3 Å². The van der Waals surface area contributed by atoms with Crippen LogP contribution in [0, 0.1) is 5.92 Å². The van der Waals surface area contributed by atoms with Gasteiger partial charge in [0.1, 0.15) is 0 Å². The summed E-state index contributed by atoms with van der Waals surface area (Å²) in [5, 5.41) is 3.40. The first-order valence-electron chi connectivity index (χ1n) is 10.9. The fourth-order valence-corrected chi connectivity index (χ4v) is 7.15. The molecule has 1 aromatic carbocycles. The first kappa shape index (κ1) is 23.1. The van der Waals surface area contributed by atoms with E-state index in [1.807, 2.05) is 38.1 Å². The predicted molar refractivity (Wildman–Crippen MR) is 125 cm³/mol. The van der Waals surface area contributed by atoms with E-state index >= 15 is 0 Å². The van der Waals surface area contributed by atoms with Gasteiger partial charge in [0, 0.05) is 19.6 Å². The van der Waals surface area contributed by atoms with Crippen molar-refractivity contribution in [3.05, 3.63) is 24.3 Å². The monoisotopic (exact) mass is 479 g/mol. The topological polar surface area (TPSA) is 103 Å². The van der Waals surface area contributed by atoms with Gasteiger partial charge in [-0.1, -0.05) is 37.3 Å². The van der Waals surface area contributed by atoms with Gasteiger partial charge in [0.25, 0.3) is 10.2 Å². The summed E-state index contributed by atoms with van der Waals surface area (Å²) in [6, 6.07) is 6.92. The number of nitrogens with one attached hydrogen (secondary N) is 1. The zero-order valence-corrected chi connectivity index (χ0v) is 20.3. The van der Waals surface area contributed by atoms with E-state index in [1.165, 1.54) is 22.7 Å². The van der Waals surface area contributed by atoms with E-state index in [-0.39, 0.29) is 30.4 Å². The van der Waals surface area contributed by atoms with Crippen LogP contribution in [0.5, 0.6) is 0 Å². The molecular weight excluding hydrogens is 450 g/mol. The zero-order chi connectivity index (χ0) is 23.2. The highest BCUT2D eigenvalue weighted by atomic mass is 32.2. The second-order valence-electron chi connectivity index (χ2n) is 8.56. The van der Waals surface area contributed by atoms with E-state index in [1.54, 1.807) is 11.8 Å². The molecular formula is C21H29N5O4S2. The summed E-state index contributed by atoms with van der Waals surface area (Å²) in [6.45, 7) is 5.64. The Bertz CT molecular complexity index is 1100. The molecule has 0 bridgehead atoms. The highest BCUT2D eigenvalue weighted by molar-refractivity contribution is 7.86. The summed E-state index contributed by atoms with van der Waals surface area (Å²) in [5.41, 5.74) is 0.825. The molecule has 174 valence electrons. The Morgan fingerprint density at radius 1 is 1.38 bits per heavy atom. The van der Waals surface area contributed by atoms with Crippen molar-refractivity contribution >= 4 is 48.7 Å². The lowest BCUT2D eigenvalue weighted by atomic mass is 10.0. The Labute approximate surface area is 192 Å². The molecule has 2 amide bonds. The van der Waals surface area contributed by atoms with Gasteiger partial charge in [0.15, 0.2) is 5.13 Å². The third-order valence-electron chi connectivity index (χ3n) is 6.41. The summed E-state index contributed by atoms with van der Waals surface area (Å²) in [5.74, 6) is -0.949. The summed E-state index contributed by atoms with van der Waals surface area (Å²) in [6.07, 6.45) is 1.29. The van der Waals surface area contributed by atoms with Crippen molar-refractivity contribution in [3.63, 3.8) is 0 Å². The fraction of sp³-hybridized carbons (Fsp3) is 0.571. The molecule has 1 N–H and O–H groups in total. The van der Waals surface area contributed by atoms with Crippen molar-refractivity contribution in [2.45, 2.75) is 51.7 Å². The number of nitrogens with zero attached hydrogens (tertiary/aromatic N) is 4. The van der Waals surface area contributed by atoms with Gasteiger partial charge in [0.05, 0.1) is 34.8 Å². The number of rotatable bonds is 7. The largest absolute Gasteiger partial charge is 0.353 e. The van der Waals surface area contributed by atoms with Gasteiger partial charge in [0.2, 0.25) is 11.8 Å². The maximum absolute atomic E-state index is 13.3. The van der Waals surface area contributed by atoms with Gasteiger partial charge in [-0.2, -0.15) is 17.0 Å². The number of hydrogen-bond donors (Lipinski definition) is 1. The summed E-state index contributed by atoms with van der Waals surface area (Å²) in [4.78, 5) is 31.7. The second-order valence-corrected chi connectivity index (χ2v) is 11.6. The Balaban J connectivity index is 1.55. The number of amides is 2. The zero-order valence-electron chi connectivity index (χ0n) is 18.7. The Hall–Kier alpha value is -2.08. The van der Waals surface area contributed by atoms with Crippen molar-refractivity contribution in [3.8, 4) is 0 Å². The van der Waals surface area contributed by atoms with E-state index in [0.29, 0.717) is 18.1 Å². The molecule has 9 nitrogen and oxygen atoms in total. The van der Waals surface area contributed by atoms with E-state index in [0.717, 1.165) is 20.9 Å². The summed E-state index contributed by atoms with van der Waals surface area (Å²) < 4.78 is 30.1. The Morgan fingerprint density at radius 3 is 2.78 bits per heavy atom. The van der Waals surface area contributed by atoms with E-state index in [4.69, 9.17) is 0 Å². The van der Waals surface area contributed by atoms with Crippen LogP contribution in [0.2, 0.25) is 0 Å². The summed E-state index contributed by atoms with van der Waals surface area (Å²) in [7, 11) is -2.50. The first-order valence-corrected chi connectivity index (χ1v) is 13.1. The third-order valence-corrected chi connectivity index (χ3v) is 9.38. The van der Waals surface area contributed by atoms with Crippen molar-refractivity contribution < 1.29 is 18.0 Å². The van der Waals surface area contributed by atoms with Crippen LogP contribution in [0.25, 0.3) is 10.2 Å². The molecule has 1 aromatic heterocycles. The van der Waals surface area contributed by atoms with Crippen LogP contribution < -0.4 is 10.2 Å². The van der Waals surface area contributed by atoms with Gasteiger partial charge >= 0.3 is 0 Å². The van der Waals surface area contributed by atoms with Crippen molar-refractivity contribution in [2.75, 3.05) is 25.0 Å². The molecule has 0 aliphatic carbocycles. The lowest BCUT2D eigenvalue weighted by Crippen LogP contribution is -2.50. The van der Waals surface area contributed by atoms with Gasteiger partial charge in [-0.3, -0.25) is 14.5 Å². The molecule has 0 spiro atoms. The summed E-state index contributed by atoms with van der Waals surface area (Å²) >= 11 is 1.44. The van der Waals surface area contributed by atoms with E-state index in [2.05, 4.69) is 10.3 Å². The number of para-hydroxylation sites is 1. The van der Waals surface area contributed by atoms with Crippen LogP contribution in [0.1, 0.15) is 33.6 Å². The Kier molecular flexibility index (Phi) is 6.27. The number of fused-ring (bicyclic) bond motifs is 2. The number of hydrogen-bond acceptors (Lipinski definition) is 6. The molecule has 4 rings (SSSR count). The number of thiazole rings is 1. The number of carbonyl (C=O) groups excluding carboxylic acids is 2. The van der Waals surface area contributed by atoms with Crippen LogP contribution >= 0.6 is 11.3 Å². The number of anilines is 1. The minimum atomic E-state index is -3.91. The standard InChI is InChI=1S/C21H29N5O4S2/c1-5-13(2)22-18(27)12-24(4)32(29,30)25-11-10-16-19(25)14(3)20(28)26(16)21-23-15-8-6-7-9-17(15)31-21/h6-9,13-14,16,19H,5,10-12H2,1-4H3,(H,22,27)/t13?,14-,16-,19+/m0/s1. The first-order chi connectivity index (χ1) is 15.1. The molecule has 3 heterocycles. The highest BCUT2D eigenvalue weighted by Crippen LogP contribution is 2.42. The Morgan fingerprint density at radius 2 is 2.09 bits per heavy atom. The molecule has 2 saturated heterocycles. The minimum Gasteiger partial charge on any atom is -0.353 e. The van der Waals surface area contributed by atoms with Crippen LogP contribution in [0.3, 0.4) is 0 Å². The molecule has 0 saturated carbocycles. The SMILES string of the molecule is CCC(C)NC(=O)CN(C)S(=O)(=O)N1CC[C@H]2[C@H]1[C@H](C)C(=O)N2c1nc2ccccc2s1. The van der Waals surface area contributed by atoms with E-state index < -0.39 is 22.2 Å². The molecule has 0 radical (unpaired) electrons. The average Bonchev–Trinajstić information content (AvgIpc) is 3.42. The lowest BCUT2D eigenvalue weighted by Gasteiger charge is -2.29. The third kappa shape index (κ3) is 3.91. The smallest absolute Gasteiger partial charge is 0.282 e. The maximum atomic E-state index is 13.3. The van der Waals surface area contributed by atoms with Gasteiger partial charge < -0.3 is 5.32 Å². The molecule has 11 heteroatoms. The number of likely N-dealkylation sites (N-methyl/N-ethyl adjacent to an activating group) is 1. The minimum absolute atomic E-state index is 0.0235. The molecule has 2 fully saturated rings.